The second kappa shape index (κ2) is 7.27. The molecule has 2 atom stereocenters. The van der Waals surface area contributed by atoms with Gasteiger partial charge in [0.15, 0.2) is 0 Å². The molecule has 8 heteroatoms. The Morgan fingerprint density at radius 3 is 2.79 bits per heavy atom. The van der Waals surface area contributed by atoms with Crippen molar-refractivity contribution in [1.82, 2.24) is 20.0 Å². The number of aryl methyl sites for hydroxylation is 1. The lowest BCUT2D eigenvalue weighted by Gasteiger charge is -2.31. The van der Waals surface area contributed by atoms with Crippen molar-refractivity contribution in [2.24, 2.45) is 7.05 Å². The lowest BCUT2D eigenvalue weighted by molar-refractivity contribution is -0.136. The molecule has 7 nitrogen and oxygen atoms in total. The van der Waals surface area contributed by atoms with E-state index in [-0.39, 0.29) is 29.5 Å². The number of amides is 2. The third-order valence-corrected chi connectivity index (χ3v) is 5.47. The first-order valence-electron chi connectivity index (χ1n) is 9.43. The Morgan fingerprint density at radius 2 is 2.07 bits per heavy atom. The van der Waals surface area contributed by atoms with Gasteiger partial charge >= 0.3 is 0 Å². The summed E-state index contributed by atoms with van der Waals surface area (Å²) < 4.78 is 15.8. The van der Waals surface area contributed by atoms with Gasteiger partial charge in [0.1, 0.15) is 12.2 Å². The van der Waals surface area contributed by atoms with Gasteiger partial charge < -0.3 is 4.90 Å². The smallest absolute Gasteiger partial charge is 0.266 e. The van der Waals surface area contributed by atoms with Crippen LogP contribution in [-0.2, 0) is 29.6 Å². The van der Waals surface area contributed by atoms with Crippen LogP contribution in [0.5, 0.6) is 0 Å². The molecule has 150 valence electrons. The first-order valence-corrected chi connectivity index (χ1v) is 9.43. The number of rotatable bonds is 4. The minimum absolute atomic E-state index is 0.128. The lowest BCUT2D eigenvalue weighted by Crippen LogP contribution is -2.50. The van der Waals surface area contributed by atoms with E-state index in [0.29, 0.717) is 19.4 Å². The molecule has 1 fully saturated rings. The van der Waals surface area contributed by atoms with Crippen LogP contribution >= 0.6 is 0 Å². The fourth-order valence-corrected chi connectivity index (χ4v) is 3.90. The fraction of sp³-hybridized carbons (Fsp3) is 0.333. The molecule has 2 amide bonds. The van der Waals surface area contributed by atoms with Gasteiger partial charge in [0, 0.05) is 43.8 Å². The summed E-state index contributed by atoms with van der Waals surface area (Å²) in [4.78, 5) is 37.0. The Hall–Kier alpha value is -3.29. The van der Waals surface area contributed by atoms with Crippen molar-refractivity contribution in [2.45, 2.75) is 38.0 Å². The molecule has 0 saturated carbocycles. The predicted molar refractivity (Wildman–Crippen MR) is 104 cm³/mol. The summed E-state index contributed by atoms with van der Waals surface area (Å²) in [6.45, 7) is 4.60. The van der Waals surface area contributed by atoms with E-state index < -0.39 is 12.2 Å². The number of aromatic nitrogens is 2. The number of hydrogen-bond donors (Lipinski definition) is 1. The molecule has 0 bridgehead atoms. The van der Waals surface area contributed by atoms with E-state index in [1.54, 1.807) is 0 Å². The van der Waals surface area contributed by atoms with E-state index in [1.807, 2.05) is 23.1 Å². The van der Waals surface area contributed by atoms with E-state index in [1.165, 1.54) is 19.2 Å². The molecule has 29 heavy (non-hydrogen) atoms. The molecular formula is C21H21FN4O3. The van der Waals surface area contributed by atoms with Crippen LogP contribution in [0.25, 0.3) is 5.70 Å². The average Bonchev–Trinajstić information content (AvgIpc) is 3.00. The third kappa shape index (κ3) is 3.57. The molecule has 1 saturated heterocycles. The zero-order chi connectivity index (χ0) is 20.7. The Morgan fingerprint density at radius 1 is 1.28 bits per heavy atom. The highest BCUT2D eigenvalue weighted by atomic mass is 19.1. The molecule has 1 aromatic heterocycles. The first-order chi connectivity index (χ1) is 13.8. The molecule has 0 aliphatic carbocycles. The van der Waals surface area contributed by atoms with Crippen LogP contribution in [0.15, 0.2) is 41.7 Å². The van der Waals surface area contributed by atoms with Crippen LogP contribution in [0.2, 0.25) is 0 Å². The number of fused-ring (bicyclic) bond motifs is 1. The molecule has 1 N–H and O–H groups in total. The molecule has 2 unspecified atom stereocenters. The summed E-state index contributed by atoms with van der Waals surface area (Å²) >= 11 is 0. The second-order valence-electron chi connectivity index (χ2n) is 7.42. The Kier molecular flexibility index (Phi) is 4.77. The van der Waals surface area contributed by atoms with Crippen molar-refractivity contribution in [1.29, 1.82) is 0 Å². The number of nitrogens with one attached hydrogen (secondary N) is 1. The van der Waals surface area contributed by atoms with Crippen LogP contribution in [0, 0.1) is 0 Å². The summed E-state index contributed by atoms with van der Waals surface area (Å²) in [5.74, 6) is -0.558. The average molecular weight is 396 g/mol. The molecule has 2 aromatic rings. The van der Waals surface area contributed by atoms with Crippen molar-refractivity contribution in [3.63, 3.8) is 0 Å². The van der Waals surface area contributed by atoms with Gasteiger partial charge in [0.05, 0.1) is 5.69 Å². The zero-order valence-corrected chi connectivity index (χ0v) is 16.0. The van der Waals surface area contributed by atoms with Crippen molar-refractivity contribution in [3.8, 4) is 0 Å². The Balaban J connectivity index is 1.51. The van der Waals surface area contributed by atoms with Gasteiger partial charge in [-0.3, -0.25) is 19.7 Å². The number of piperidine rings is 1. The molecule has 2 aliphatic heterocycles. The van der Waals surface area contributed by atoms with Crippen molar-refractivity contribution >= 4 is 17.5 Å². The van der Waals surface area contributed by atoms with E-state index in [0.717, 1.165) is 27.1 Å². The van der Waals surface area contributed by atoms with Crippen LogP contribution in [0.3, 0.4) is 0 Å². The highest BCUT2D eigenvalue weighted by Gasteiger charge is 2.36. The van der Waals surface area contributed by atoms with Gasteiger partial charge in [0.2, 0.25) is 11.8 Å². The zero-order valence-electron chi connectivity index (χ0n) is 16.0. The molecule has 1 aromatic carbocycles. The molecule has 4 rings (SSSR count). The largest absolute Gasteiger partial charge is 0.355 e. The quantitative estimate of drug-likeness (QED) is 0.794. The summed E-state index contributed by atoms with van der Waals surface area (Å²) in [6.07, 6.45) is -0.452. The molecule has 3 heterocycles. The van der Waals surface area contributed by atoms with Gasteiger partial charge in [-0.15, -0.1) is 0 Å². The molecule has 0 radical (unpaired) electrons. The van der Waals surface area contributed by atoms with Gasteiger partial charge in [0.25, 0.3) is 5.56 Å². The van der Waals surface area contributed by atoms with Crippen LogP contribution in [0.1, 0.15) is 41.4 Å². The van der Waals surface area contributed by atoms with E-state index in [2.05, 4.69) is 17.0 Å². The minimum Gasteiger partial charge on any atom is -0.355 e. The normalized spacial score (nSPS) is 19.9. The first kappa shape index (κ1) is 19.0. The number of nitrogens with zero attached hydrogens (tertiary/aromatic N) is 3. The van der Waals surface area contributed by atoms with E-state index in [4.69, 9.17) is 0 Å². The predicted octanol–water partition coefficient (Wildman–Crippen LogP) is 1.63. The highest BCUT2D eigenvalue weighted by molar-refractivity contribution is 6.01. The summed E-state index contributed by atoms with van der Waals surface area (Å²) in [5.41, 5.74) is 3.35. The van der Waals surface area contributed by atoms with Gasteiger partial charge in [-0.2, -0.15) is 5.10 Å². The van der Waals surface area contributed by atoms with Crippen molar-refractivity contribution in [2.75, 3.05) is 0 Å². The number of carbonyl (C=O) groups excluding carboxylic acids is 2. The number of carbonyl (C=O) groups is 2. The van der Waals surface area contributed by atoms with Crippen LogP contribution in [-0.4, -0.2) is 32.5 Å². The maximum atomic E-state index is 14.7. The molecule has 0 spiro atoms. The summed E-state index contributed by atoms with van der Waals surface area (Å²) in [5, 5.41) is 6.35. The summed E-state index contributed by atoms with van der Waals surface area (Å²) in [7, 11) is 1.49. The summed E-state index contributed by atoms with van der Waals surface area (Å²) in [6, 6.07) is 7.93. The maximum absolute atomic E-state index is 14.7. The minimum atomic E-state index is -1.34. The second-order valence-corrected chi connectivity index (χ2v) is 7.42. The van der Waals surface area contributed by atoms with Crippen LogP contribution in [0.4, 0.5) is 4.39 Å². The van der Waals surface area contributed by atoms with Gasteiger partial charge in [-0.1, -0.05) is 24.8 Å². The van der Waals surface area contributed by atoms with Crippen molar-refractivity contribution < 1.29 is 14.0 Å². The number of alkyl halides is 1. The topological polar surface area (TPSA) is 84.3 Å². The Labute approximate surface area is 166 Å². The van der Waals surface area contributed by atoms with E-state index in [9.17, 15) is 18.8 Å². The number of hydrogen-bond acceptors (Lipinski definition) is 5. The SMILES string of the molecule is C=C1c2ccc(CC(F)c3ccc(=O)n(C)n3)cc2CN1C1CCC(=O)NC1=O. The van der Waals surface area contributed by atoms with Crippen LogP contribution < -0.4 is 10.9 Å². The number of benzene rings is 1. The molecule has 2 aliphatic rings. The number of imide groups is 1. The maximum Gasteiger partial charge on any atom is 0.266 e. The molecular weight excluding hydrogens is 375 g/mol. The standard InChI is InChI=1S/C21H21FN4O3/c1-12-15-4-3-13(10-16(22)17-5-8-20(28)25(2)24-17)9-14(15)11-26(12)18-6-7-19(27)23-21(18)29/h3-5,8-9,16,18H,1,6-7,10-11H2,2H3,(H,23,27,29). The lowest BCUT2D eigenvalue weighted by atomic mass is 10.0. The fourth-order valence-electron chi connectivity index (χ4n) is 3.90. The monoisotopic (exact) mass is 396 g/mol. The highest BCUT2D eigenvalue weighted by Crippen LogP contribution is 2.36. The third-order valence-electron chi connectivity index (χ3n) is 5.47. The van der Waals surface area contributed by atoms with E-state index >= 15 is 0 Å². The number of halogens is 1. The van der Waals surface area contributed by atoms with Gasteiger partial charge in [-0.25, -0.2) is 9.07 Å². The van der Waals surface area contributed by atoms with Crippen molar-refractivity contribution in [3.05, 3.63) is 69.6 Å². The Bertz CT molecular complexity index is 1080. The van der Waals surface area contributed by atoms with Gasteiger partial charge in [-0.05, 0) is 23.6 Å².